The van der Waals surface area contributed by atoms with Gasteiger partial charge in [-0.15, -0.1) is 0 Å². The molecule has 5 rings (SSSR count). The van der Waals surface area contributed by atoms with Crippen LogP contribution in [0, 0.1) is 0 Å². The van der Waals surface area contributed by atoms with Gasteiger partial charge in [-0.05, 0) is 34.7 Å². The largest absolute Gasteiger partial charge is 0.343 e. The van der Waals surface area contributed by atoms with Crippen molar-refractivity contribution in [3.05, 3.63) is 102 Å². The van der Waals surface area contributed by atoms with Crippen molar-refractivity contribution < 1.29 is 14.0 Å². The van der Waals surface area contributed by atoms with Crippen molar-refractivity contribution in [1.82, 2.24) is 19.8 Å². The van der Waals surface area contributed by atoms with Gasteiger partial charge in [0.2, 0.25) is 11.8 Å². The molecule has 1 N–H and O–H groups in total. The minimum Gasteiger partial charge on any atom is -0.343 e. The van der Waals surface area contributed by atoms with Crippen molar-refractivity contribution in [2.24, 2.45) is 0 Å². The number of hydrogen-bond acceptors (Lipinski definition) is 3. The Kier molecular flexibility index (Phi) is 7.04. The van der Waals surface area contributed by atoms with E-state index in [0.29, 0.717) is 5.92 Å². The van der Waals surface area contributed by atoms with Crippen LogP contribution in [-0.2, 0) is 16.1 Å². The monoisotopic (exact) mass is 498 g/mol. The van der Waals surface area contributed by atoms with Gasteiger partial charge < -0.3 is 14.8 Å². The van der Waals surface area contributed by atoms with Gasteiger partial charge in [0.15, 0.2) is 0 Å². The minimum absolute atomic E-state index is 0.00418. The van der Waals surface area contributed by atoms with Gasteiger partial charge in [0.25, 0.3) is 0 Å². The molecule has 2 heterocycles. The highest BCUT2D eigenvalue weighted by atomic mass is 19.1. The van der Waals surface area contributed by atoms with Crippen molar-refractivity contribution in [3.8, 4) is 0 Å². The summed E-state index contributed by atoms with van der Waals surface area (Å²) >= 11 is 0. The molecule has 1 aromatic heterocycles. The number of nitrogens with one attached hydrogen (secondary N) is 1. The molecule has 6 nitrogen and oxygen atoms in total. The van der Waals surface area contributed by atoms with Crippen molar-refractivity contribution in [1.29, 1.82) is 0 Å². The summed E-state index contributed by atoms with van der Waals surface area (Å²) in [7, 11) is 0. The SMILES string of the molecule is CC(C)c1ccc(C(NC(=O)C2CC(F)CN2C(=O)Cn2cnc3ccccc32)c2ccccc2)cc1. The smallest absolute Gasteiger partial charge is 0.243 e. The summed E-state index contributed by atoms with van der Waals surface area (Å²) in [6, 6.07) is 24.1. The average Bonchev–Trinajstić information content (AvgIpc) is 3.51. The number of aromatic nitrogens is 2. The van der Waals surface area contributed by atoms with Crippen molar-refractivity contribution in [3.63, 3.8) is 0 Å². The van der Waals surface area contributed by atoms with Gasteiger partial charge in [-0.2, -0.15) is 0 Å². The standard InChI is InChI=1S/C30H31FN4O2/c1-20(2)21-12-14-23(15-13-21)29(22-8-4-3-5-9-22)33-30(37)27-16-24(31)17-35(27)28(36)18-34-19-32-25-10-6-7-11-26(25)34/h3-15,19-20,24,27,29H,16-18H2,1-2H3,(H,33,37). The van der Waals surface area contributed by atoms with Crippen LogP contribution in [0.1, 0.15) is 48.9 Å². The van der Waals surface area contributed by atoms with Crippen molar-refractivity contribution >= 4 is 22.8 Å². The third-order valence-corrected chi connectivity index (χ3v) is 7.06. The van der Waals surface area contributed by atoms with E-state index in [-0.39, 0.29) is 31.3 Å². The summed E-state index contributed by atoms with van der Waals surface area (Å²) in [4.78, 5) is 32.5. The Hall–Kier alpha value is -4.00. The summed E-state index contributed by atoms with van der Waals surface area (Å²) in [5, 5.41) is 3.12. The van der Waals surface area contributed by atoms with Crippen LogP contribution < -0.4 is 5.32 Å². The van der Waals surface area contributed by atoms with E-state index in [1.807, 2.05) is 66.7 Å². The molecule has 0 aliphatic carbocycles. The zero-order valence-electron chi connectivity index (χ0n) is 21.0. The van der Waals surface area contributed by atoms with E-state index in [1.165, 1.54) is 10.5 Å². The number of nitrogens with zero attached hydrogens (tertiary/aromatic N) is 3. The van der Waals surface area contributed by atoms with Crippen molar-refractivity contribution in [2.45, 2.75) is 51.0 Å². The number of halogens is 1. The molecule has 0 bridgehead atoms. The van der Waals surface area contributed by atoms with E-state index in [9.17, 15) is 14.0 Å². The molecule has 3 unspecified atom stereocenters. The summed E-state index contributed by atoms with van der Waals surface area (Å²) < 4.78 is 16.3. The molecule has 1 aliphatic rings. The molecule has 2 amide bonds. The van der Waals surface area contributed by atoms with Gasteiger partial charge in [0.1, 0.15) is 18.8 Å². The van der Waals surface area contributed by atoms with E-state index in [2.05, 4.69) is 36.3 Å². The number of hydrogen-bond donors (Lipinski definition) is 1. The first-order valence-corrected chi connectivity index (χ1v) is 12.7. The third kappa shape index (κ3) is 5.26. The minimum atomic E-state index is -1.25. The summed E-state index contributed by atoms with van der Waals surface area (Å²) in [5.41, 5.74) is 4.67. The van der Waals surface area contributed by atoms with Crippen molar-refractivity contribution in [2.75, 3.05) is 6.54 Å². The van der Waals surface area contributed by atoms with Crippen LogP contribution in [0.5, 0.6) is 0 Å². The molecule has 7 heteroatoms. The number of amides is 2. The van der Waals surface area contributed by atoms with Crippen LogP contribution in [0.4, 0.5) is 4.39 Å². The Bertz CT molecular complexity index is 1380. The van der Waals surface area contributed by atoms with Gasteiger partial charge in [-0.3, -0.25) is 9.59 Å². The fourth-order valence-corrected chi connectivity index (χ4v) is 5.00. The Morgan fingerprint density at radius 2 is 1.59 bits per heavy atom. The molecule has 0 spiro atoms. The van der Waals surface area contributed by atoms with Crippen LogP contribution in [0.3, 0.4) is 0 Å². The molecule has 190 valence electrons. The van der Waals surface area contributed by atoms with Crippen LogP contribution >= 0.6 is 0 Å². The first-order chi connectivity index (χ1) is 17.9. The fourth-order valence-electron chi connectivity index (χ4n) is 5.00. The molecule has 0 saturated carbocycles. The van der Waals surface area contributed by atoms with E-state index in [0.717, 1.165) is 22.2 Å². The Labute approximate surface area is 216 Å². The number of carbonyl (C=O) groups excluding carboxylic acids is 2. The molecular formula is C30H31FN4O2. The number of rotatable bonds is 7. The number of likely N-dealkylation sites (tertiary alicyclic amines) is 1. The highest BCUT2D eigenvalue weighted by Gasteiger charge is 2.40. The number of carbonyl (C=O) groups is 2. The van der Waals surface area contributed by atoms with Crippen LogP contribution in [-0.4, -0.2) is 45.0 Å². The molecular weight excluding hydrogens is 467 g/mol. The highest BCUT2D eigenvalue weighted by Crippen LogP contribution is 2.27. The number of alkyl halides is 1. The predicted molar refractivity (Wildman–Crippen MR) is 142 cm³/mol. The Morgan fingerprint density at radius 1 is 0.946 bits per heavy atom. The van der Waals surface area contributed by atoms with Gasteiger partial charge in [0.05, 0.1) is 29.9 Å². The Morgan fingerprint density at radius 3 is 2.32 bits per heavy atom. The molecule has 4 aromatic rings. The quantitative estimate of drug-likeness (QED) is 0.390. The number of benzene rings is 3. The van der Waals surface area contributed by atoms with Crippen LogP contribution in [0.2, 0.25) is 0 Å². The summed E-state index contributed by atoms with van der Waals surface area (Å²) in [6.07, 6.45) is 0.336. The number of imidazole rings is 1. The first-order valence-electron chi connectivity index (χ1n) is 12.7. The second-order valence-electron chi connectivity index (χ2n) is 9.93. The first kappa shape index (κ1) is 24.7. The lowest BCUT2D eigenvalue weighted by molar-refractivity contribution is -0.139. The summed E-state index contributed by atoms with van der Waals surface area (Å²) in [5.74, 6) is -0.266. The van der Waals surface area contributed by atoms with Crippen LogP contribution in [0.15, 0.2) is 85.2 Å². The number of para-hydroxylation sites is 2. The lowest BCUT2D eigenvalue weighted by atomic mass is 9.95. The topological polar surface area (TPSA) is 67.2 Å². The maximum absolute atomic E-state index is 14.6. The Balaban J connectivity index is 1.37. The third-order valence-electron chi connectivity index (χ3n) is 7.06. The molecule has 3 aromatic carbocycles. The summed E-state index contributed by atoms with van der Waals surface area (Å²) in [6.45, 7) is 4.17. The maximum atomic E-state index is 14.6. The predicted octanol–water partition coefficient (Wildman–Crippen LogP) is 5.00. The highest BCUT2D eigenvalue weighted by molar-refractivity contribution is 5.89. The van der Waals surface area contributed by atoms with Crippen LogP contribution in [0.25, 0.3) is 11.0 Å². The molecule has 1 aliphatic heterocycles. The maximum Gasteiger partial charge on any atom is 0.243 e. The second kappa shape index (κ2) is 10.5. The molecule has 37 heavy (non-hydrogen) atoms. The lowest BCUT2D eigenvalue weighted by Crippen LogP contribution is -2.47. The molecule has 0 radical (unpaired) electrons. The van der Waals surface area contributed by atoms with E-state index < -0.39 is 18.3 Å². The van der Waals surface area contributed by atoms with Gasteiger partial charge >= 0.3 is 0 Å². The average molecular weight is 499 g/mol. The van der Waals surface area contributed by atoms with Gasteiger partial charge in [-0.25, -0.2) is 9.37 Å². The second-order valence-corrected chi connectivity index (χ2v) is 9.93. The van der Waals surface area contributed by atoms with E-state index in [1.54, 1.807) is 10.9 Å². The fraction of sp³-hybridized carbons (Fsp3) is 0.300. The zero-order chi connectivity index (χ0) is 25.9. The van der Waals surface area contributed by atoms with E-state index in [4.69, 9.17) is 0 Å². The molecule has 3 atom stereocenters. The number of fused-ring (bicyclic) bond motifs is 1. The lowest BCUT2D eigenvalue weighted by Gasteiger charge is -2.27. The van der Waals surface area contributed by atoms with E-state index >= 15 is 0 Å². The van der Waals surface area contributed by atoms with Gasteiger partial charge in [-0.1, -0.05) is 80.6 Å². The van der Waals surface area contributed by atoms with Gasteiger partial charge in [0, 0.05) is 6.42 Å². The normalized spacial score (nSPS) is 18.3. The molecule has 1 saturated heterocycles. The molecule has 1 fully saturated rings. The zero-order valence-corrected chi connectivity index (χ0v) is 21.0.